The fourth-order valence-corrected chi connectivity index (χ4v) is 4.16. The summed E-state index contributed by atoms with van der Waals surface area (Å²) in [5.74, 6) is -0.818. The van der Waals surface area contributed by atoms with Crippen molar-refractivity contribution in [1.29, 1.82) is 0 Å². The topological polar surface area (TPSA) is 63.7 Å². The van der Waals surface area contributed by atoms with E-state index in [1.54, 1.807) is 12.1 Å². The smallest absolute Gasteiger partial charge is 0.325 e. The molecular weight excluding hydrogens is 326 g/mol. The second-order valence-electron chi connectivity index (χ2n) is 5.87. The first kappa shape index (κ1) is 18.5. The number of nitrogens with zero attached hydrogens (tertiary/aromatic N) is 1. The highest BCUT2D eigenvalue weighted by Crippen LogP contribution is 2.35. The molecule has 1 saturated carbocycles. The Kier molecular flexibility index (Phi) is 6.85. The number of ether oxygens (including phenoxy) is 1. The third kappa shape index (κ3) is 4.84. The first-order valence-corrected chi connectivity index (χ1v) is 9.01. The average molecular weight is 349 g/mol. The Morgan fingerprint density at radius 2 is 1.83 bits per heavy atom. The van der Waals surface area contributed by atoms with Crippen molar-refractivity contribution in [2.24, 2.45) is 5.92 Å². The van der Waals surface area contributed by atoms with Crippen molar-refractivity contribution in [2.75, 3.05) is 18.6 Å². The molecule has 24 heavy (non-hydrogen) atoms. The molecule has 0 saturated heterocycles. The molecule has 5 nitrogen and oxygen atoms in total. The highest BCUT2D eigenvalue weighted by molar-refractivity contribution is 8.14. The molecule has 1 amide bonds. The lowest BCUT2D eigenvalue weighted by atomic mass is 9.87. The Morgan fingerprint density at radius 1 is 1.17 bits per heavy atom. The third-order valence-corrected chi connectivity index (χ3v) is 5.38. The largest absolute Gasteiger partial charge is 0.468 e. The predicted molar refractivity (Wildman–Crippen MR) is 94.8 cm³/mol. The summed E-state index contributed by atoms with van der Waals surface area (Å²) in [5.41, 5.74) is 0.671. The van der Waals surface area contributed by atoms with Gasteiger partial charge in [-0.05, 0) is 25.0 Å². The maximum Gasteiger partial charge on any atom is 0.325 e. The van der Waals surface area contributed by atoms with Crippen molar-refractivity contribution in [3.63, 3.8) is 0 Å². The van der Waals surface area contributed by atoms with Gasteiger partial charge in [0.1, 0.15) is 6.54 Å². The lowest BCUT2D eigenvalue weighted by molar-refractivity contribution is -0.140. The fraction of sp³-hybridized carbons (Fsp3) is 0.500. The van der Waals surface area contributed by atoms with Crippen LogP contribution in [0.3, 0.4) is 0 Å². The van der Waals surface area contributed by atoms with Crippen LogP contribution < -0.4 is 4.90 Å². The van der Waals surface area contributed by atoms with Crippen LogP contribution in [0.1, 0.15) is 32.6 Å². The molecular formula is C18H23NO4S. The van der Waals surface area contributed by atoms with Crippen LogP contribution in [0.25, 0.3) is 0 Å². The molecule has 1 aliphatic rings. The molecule has 6 heteroatoms. The zero-order chi connectivity index (χ0) is 17.5. The van der Waals surface area contributed by atoms with Crippen molar-refractivity contribution in [3.05, 3.63) is 30.3 Å². The molecule has 0 aliphatic heterocycles. The van der Waals surface area contributed by atoms with E-state index in [1.165, 1.54) is 30.7 Å². The number of carbonyl (C=O) groups is 3. The molecule has 0 unspecified atom stereocenters. The Labute approximate surface area is 146 Å². The summed E-state index contributed by atoms with van der Waals surface area (Å²) >= 11 is 1.25. The van der Waals surface area contributed by atoms with E-state index in [2.05, 4.69) is 0 Å². The number of thioether (sulfide) groups is 1. The third-order valence-electron chi connectivity index (χ3n) is 4.19. The van der Waals surface area contributed by atoms with E-state index in [-0.39, 0.29) is 28.7 Å². The molecule has 1 aliphatic carbocycles. The van der Waals surface area contributed by atoms with Crippen LogP contribution in [0, 0.1) is 5.92 Å². The van der Waals surface area contributed by atoms with E-state index in [1.807, 2.05) is 18.2 Å². The summed E-state index contributed by atoms with van der Waals surface area (Å²) in [6.07, 6.45) is 3.58. The zero-order valence-electron chi connectivity index (χ0n) is 14.1. The number of methoxy groups -OCH3 is 1. The molecule has 0 N–H and O–H groups in total. The molecule has 130 valence electrons. The number of hydrogen-bond acceptors (Lipinski definition) is 5. The van der Waals surface area contributed by atoms with E-state index >= 15 is 0 Å². The van der Waals surface area contributed by atoms with Gasteiger partial charge in [-0.3, -0.25) is 14.4 Å². The summed E-state index contributed by atoms with van der Waals surface area (Å²) < 4.78 is 4.74. The van der Waals surface area contributed by atoms with Crippen LogP contribution in [0.4, 0.5) is 5.69 Å². The van der Waals surface area contributed by atoms with Crippen molar-refractivity contribution in [2.45, 2.75) is 37.9 Å². The molecule has 0 heterocycles. The van der Waals surface area contributed by atoms with E-state index in [0.717, 1.165) is 25.7 Å². The molecule has 1 aromatic carbocycles. The van der Waals surface area contributed by atoms with E-state index in [0.29, 0.717) is 5.69 Å². The summed E-state index contributed by atoms with van der Waals surface area (Å²) in [6.45, 7) is 1.41. The molecule has 1 fully saturated rings. The first-order chi connectivity index (χ1) is 11.5. The molecule has 0 bridgehead atoms. The minimum Gasteiger partial charge on any atom is -0.468 e. The second kappa shape index (κ2) is 8.87. The van der Waals surface area contributed by atoms with Gasteiger partial charge in [0.15, 0.2) is 5.12 Å². The molecule has 1 aromatic rings. The maximum atomic E-state index is 13.1. The monoisotopic (exact) mass is 349 g/mol. The molecule has 2 atom stereocenters. The minimum atomic E-state index is -0.459. The van der Waals surface area contributed by atoms with Gasteiger partial charge < -0.3 is 9.64 Å². The van der Waals surface area contributed by atoms with Gasteiger partial charge in [-0.2, -0.15) is 0 Å². The minimum absolute atomic E-state index is 0.0207. The standard InChI is InChI=1S/C18H23NO4S/c1-13(20)24-16-11-7-6-10-15(16)18(22)19(12-17(21)23-2)14-8-4-3-5-9-14/h3-5,8-9,15-16H,6-7,10-12H2,1-2H3/t15-,16-/m1/s1. The van der Waals surface area contributed by atoms with Crippen LogP contribution >= 0.6 is 11.8 Å². The van der Waals surface area contributed by atoms with Crippen LogP contribution in [0.2, 0.25) is 0 Å². The number of benzene rings is 1. The van der Waals surface area contributed by atoms with Gasteiger partial charge in [-0.25, -0.2) is 0 Å². The number of para-hydroxylation sites is 1. The zero-order valence-corrected chi connectivity index (χ0v) is 14.9. The Balaban J connectivity index is 2.24. The van der Waals surface area contributed by atoms with Crippen LogP contribution in [0.5, 0.6) is 0 Å². The number of amides is 1. The molecule has 2 rings (SSSR count). The number of anilines is 1. The average Bonchev–Trinajstić information content (AvgIpc) is 2.59. The molecule has 0 spiro atoms. The van der Waals surface area contributed by atoms with Gasteiger partial charge in [0.2, 0.25) is 5.91 Å². The molecule has 0 aromatic heterocycles. The lowest BCUT2D eigenvalue weighted by Gasteiger charge is -2.33. The van der Waals surface area contributed by atoms with Gasteiger partial charge in [0.05, 0.1) is 13.0 Å². The van der Waals surface area contributed by atoms with Crippen molar-refractivity contribution in [1.82, 2.24) is 0 Å². The van der Waals surface area contributed by atoms with Crippen molar-refractivity contribution in [3.8, 4) is 0 Å². The van der Waals surface area contributed by atoms with Crippen molar-refractivity contribution >= 4 is 34.4 Å². The van der Waals surface area contributed by atoms with E-state index < -0.39 is 5.97 Å². The summed E-state index contributed by atoms with van der Waals surface area (Å²) in [7, 11) is 1.31. The number of hydrogen-bond donors (Lipinski definition) is 0. The second-order valence-corrected chi connectivity index (χ2v) is 7.29. The van der Waals surface area contributed by atoms with Crippen molar-refractivity contribution < 1.29 is 19.1 Å². The van der Waals surface area contributed by atoms with Crippen LogP contribution in [-0.2, 0) is 19.1 Å². The lowest BCUT2D eigenvalue weighted by Crippen LogP contribution is -2.44. The number of rotatable bonds is 5. The Morgan fingerprint density at radius 3 is 2.46 bits per heavy atom. The summed E-state index contributed by atoms with van der Waals surface area (Å²) in [6, 6.07) is 9.12. The van der Waals surface area contributed by atoms with Gasteiger partial charge in [0.25, 0.3) is 0 Å². The van der Waals surface area contributed by atoms with Gasteiger partial charge >= 0.3 is 5.97 Å². The Hall–Kier alpha value is -1.82. The SMILES string of the molecule is COC(=O)CN(C(=O)[C@@H]1CCCC[C@H]1SC(C)=O)c1ccccc1. The Bertz CT molecular complexity index is 590. The number of esters is 1. The quantitative estimate of drug-likeness (QED) is 0.765. The maximum absolute atomic E-state index is 13.1. The number of carbonyl (C=O) groups excluding carboxylic acids is 3. The van der Waals surface area contributed by atoms with Gasteiger partial charge in [-0.1, -0.05) is 42.8 Å². The van der Waals surface area contributed by atoms with E-state index in [4.69, 9.17) is 4.74 Å². The van der Waals surface area contributed by atoms with Crippen LogP contribution in [0.15, 0.2) is 30.3 Å². The summed E-state index contributed by atoms with van der Waals surface area (Å²) in [5, 5.41) is 0.00605. The van der Waals surface area contributed by atoms with Gasteiger partial charge in [-0.15, -0.1) is 0 Å². The highest BCUT2D eigenvalue weighted by Gasteiger charge is 2.36. The van der Waals surface area contributed by atoms with Gasteiger partial charge in [0, 0.05) is 17.9 Å². The molecule has 0 radical (unpaired) electrons. The first-order valence-electron chi connectivity index (χ1n) is 8.13. The highest BCUT2D eigenvalue weighted by atomic mass is 32.2. The van der Waals surface area contributed by atoms with E-state index in [9.17, 15) is 14.4 Å². The predicted octanol–water partition coefficient (Wildman–Crippen LogP) is 3.03. The fourth-order valence-electron chi connectivity index (χ4n) is 3.03. The van der Waals surface area contributed by atoms with Crippen LogP contribution in [-0.4, -0.2) is 35.9 Å². The normalized spacial score (nSPS) is 20.2. The summed E-state index contributed by atoms with van der Waals surface area (Å²) in [4.78, 5) is 37.9.